The number of aromatic nitrogens is 2. The Labute approximate surface area is 140 Å². The first-order chi connectivity index (χ1) is 11.6. The lowest BCUT2D eigenvalue weighted by atomic mass is 10.2. The summed E-state index contributed by atoms with van der Waals surface area (Å²) in [5, 5.41) is 6.02. The van der Waals surface area contributed by atoms with E-state index in [1.165, 1.54) is 0 Å². The number of nitrogens with one attached hydrogen (secondary N) is 2. The molecular weight excluding hydrogens is 308 g/mol. The van der Waals surface area contributed by atoms with Gasteiger partial charge < -0.3 is 20.1 Å². The molecule has 126 valence electrons. The largest absolute Gasteiger partial charge is 0.497 e. The Morgan fingerprint density at radius 2 is 1.96 bits per heavy atom. The minimum absolute atomic E-state index is 0.173. The summed E-state index contributed by atoms with van der Waals surface area (Å²) in [4.78, 5) is 20.8. The van der Waals surface area contributed by atoms with Crippen molar-refractivity contribution in [3.63, 3.8) is 0 Å². The summed E-state index contributed by atoms with van der Waals surface area (Å²) in [7, 11) is 3.17. The van der Waals surface area contributed by atoms with Gasteiger partial charge in [0.25, 0.3) is 5.91 Å². The first kappa shape index (κ1) is 16.0. The summed E-state index contributed by atoms with van der Waals surface area (Å²) in [5.74, 6) is 1.46. The molecule has 2 N–H and O–H groups in total. The van der Waals surface area contributed by atoms with Crippen molar-refractivity contribution in [3.05, 3.63) is 35.7 Å². The number of ether oxygens (including phenoxy) is 2. The van der Waals surface area contributed by atoms with E-state index in [2.05, 4.69) is 20.6 Å². The first-order valence-electron chi connectivity index (χ1n) is 7.74. The third-order valence-corrected chi connectivity index (χ3v) is 3.65. The monoisotopic (exact) mass is 328 g/mol. The number of hydrogen-bond donors (Lipinski definition) is 2. The van der Waals surface area contributed by atoms with Crippen LogP contribution in [-0.4, -0.2) is 36.1 Å². The Hall–Kier alpha value is -2.83. The van der Waals surface area contributed by atoms with Gasteiger partial charge in [0.05, 0.1) is 19.9 Å². The Bertz CT molecular complexity index is 759. The zero-order valence-corrected chi connectivity index (χ0v) is 13.9. The van der Waals surface area contributed by atoms with Crippen molar-refractivity contribution < 1.29 is 14.3 Å². The van der Waals surface area contributed by atoms with Crippen LogP contribution in [0.2, 0.25) is 0 Å². The van der Waals surface area contributed by atoms with Crippen molar-refractivity contribution in [1.29, 1.82) is 0 Å². The van der Waals surface area contributed by atoms with Crippen LogP contribution in [-0.2, 0) is 0 Å². The van der Waals surface area contributed by atoms with Gasteiger partial charge in [0.1, 0.15) is 17.2 Å². The molecule has 1 aromatic heterocycles. The van der Waals surface area contributed by atoms with E-state index in [1.54, 1.807) is 32.4 Å². The van der Waals surface area contributed by atoms with Gasteiger partial charge in [0, 0.05) is 17.8 Å². The number of hydrogen-bond acceptors (Lipinski definition) is 6. The van der Waals surface area contributed by atoms with E-state index in [1.807, 2.05) is 13.0 Å². The summed E-state index contributed by atoms with van der Waals surface area (Å²) >= 11 is 0. The number of nitrogens with zero attached hydrogens (tertiary/aromatic N) is 2. The van der Waals surface area contributed by atoms with Gasteiger partial charge >= 0.3 is 0 Å². The number of aryl methyl sites for hydroxylation is 1. The van der Waals surface area contributed by atoms with Crippen LogP contribution in [0.5, 0.6) is 11.5 Å². The van der Waals surface area contributed by atoms with Crippen LogP contribution in [0.15, 0.2) is 24.3 Å². The average molecular weight is 328 g/mol. The van der Waals surface area contributed by atoms with Gasteiger partial charge in [0.2, 0.25) is 5.95 Å². The van der Waals surface area contributed by atoms with Crippen LogP contribution < -0.4 is 20.1 Å². The van der Waals surface area contributed by atoms with E-state index in [0.717, 1.165) is 12.8 Å². The summed E-state index contributed by atoms with van der Waals surface area (Å²) in [6.07, 6.45) is 2.06. The second kappa shape index (κ2) is 6.74. The van der Waals surface area contributed by atoms with Crippen LogP contribution in [0.1, 0.15) is 29.0 Å². The van der Waals surface area contributed by atoms with E-state index >= 15 is 0 Å². The normalized spacial score (nSPS) is 13.3. The lowest BCUT2D eigenvalue weighted by molar-refractivity contribution is 0.0946. The number of carbonyl (C=O) groups is 1. The molecule has 1 aliphatic carbocycles. The van der Waals surface area contributed by atoms with E-state index in [4.69, 9.17) is 9.47 Å². The van der Waals surface area contributed by atoms with E-state index in [0.29, 0.717) is 34.5 Å². The smallest absolute Gasteiger partial charge is 0.270 e. The van der Waals surface area contributed by atoms with Crippen molar-refractivity contribution >= 4 is 17.5 Å². The van der Waals surface area contributed by atoms with Crippen LogP contribution in [0, 0.1) is 6.92 Å². The third-order valence-electron chi connectivity index (χ3n) is 3.65. The van der Waals surface area contributed by atoms with Gasteiger partial charge in [-0.05, 0) is 38.0 Å². The SMILES string of the molecule is COc1ccc(Nc2nc(C)cc(C(=O)NC3CC3)n2)c(OC)c1. The molecule has 7 heteroatoms. The van der Waals surface area contributed by atoms with Crippen molar-refractivity contribution in [2.24, 2.45) is 0 Å². The highest BCUT2D eigenvalue weighted by atomic mass is 16.5. The number of carbonyl (C=O) groups excluding carboxylic acids is 1. The zero-order valence-electron chi connectivity index (χ0n) is 13.9. The number of anilines is 2. The molecule has 0 atom stereocenters. The quantitative estimate of drug-likeness (QED) is 0.847. The van der Waals surface area contributed by atoms with E-state index in [-0.39, 0.29) is 11.9 Å². The molecule has 3 rings (SSSR count). The Morgan fingerprint density at radius 3 is 2.62 bits per heavy atom. The van der Waals surface area contributed by atoms with Gasteiger partial charge in [-0.1, -0.05) is 0 Å². The summed E-state index contributed by atoms with van der Waals surface area (Å²) < 4.78 is 10.5. The molecule has 1 amide bonds. The predicted molar refractivity (Wildman–Crippen MR) is 90.1 cm³/mol. The zero-order chi connectivity index (χ0) is 17.1. The highest BCUT2D eigenvalue weighted by Crippen LogP contribution is 2.30. The van der Waals surface area contributed by atoms with Gasteiger partial charge in [-0.15, -0.1) is 0 Å². The van der Waals surface area contributed by atoms with Crippen LogP contribution in [0.3, 0.4) is 0 Å². The molecule has 0 radical (unpaired) electrons. The molecule has 7 nitrogen and oxygen atoms in total. The van der Waals surface area contributed by atoms with Gasteiger partial charge in [-0.2, -0.15) is 0 Å². The summed E-state index contributed by atoms with van der Waals surface area (Å²) in [6, 6.07) is 7.34. The average Bonchev–Trinajstić information content (AvgIpc) is 3.38. The molecule has 2 aromatic rings. The predicted octanol–water partition coefficient (Wildman–Crippen LogP) is 2.44. The molecule has 24 heavy (non-hydrogen) atoms. The van der Waals surface area contributed by atoms with Gasteiger partial charge in [0.15, 0.2) is 0 Å². The van der Waals surface area contributed by atoms with Gasteiger partial charge in [-0.3, -0.25) is 4.79 Å². The molecule has 1 aliphatic rings. The molecule has 1 heterocycles. The van der Waals surface area contributed by atoms with Crippen LogP contribution in [0.4, 0.5) is 11.6 Å². The number of benzene rings is 1. The fourth-order valence-electron chi connectivity index (χ4n) is 2.25. The molecule has 0 saturated heterocycles. The lowest BCUT2D eigenvalue weighted by Gasteiger charge is -2.12. The van der Waals surface area contributed by atoms with Crippen molar-refractivity contribution in [2.75, 3.05) is 19.5 Å². The maximum Gasteiger partial charge on any atom is 0.270 e. The summed E-state index contributed by atoms with van der Waals surface area (Å²) in [5.41, 5.74) is 1.75. The minimum Gasteiger partial charge on any atom is -0.497 e. The number of rotatable bonds is 6. The highest BCUT2D eigenvalue weighted by Gasteiger charge is 2.24. The number of methoxy groups -OCH3 is 2. The molecular formula is C17H20N4O3. The van der Waals surface area contributed by atoms with E-state index in [9.17, 15) is 4.79 Å². The number of amides is 1. The highest BCUT2D eigenvalue weighted by molar-refractivity contribution is 5.93. The standard InChI is InChI=1S/C17H20N4O3/c1-10-8-14(16(22)19-11-4-5-11)21-17(18-10)20-13-7-6-12(23-2)9-15(13)24-3/h6-9,11H,4-5H2,1-3H3,(H,19,22)(H,18,20,21). The van der Waals surface area contributed by atoms with Gasteiger partial charge in [-0.25, -0.2) is 9.97 Å². The lowest BCUT2D eigenvalue weighted by Crippen LogP contribution is -2.26. The Morgan fingerprint density at radius 1 is 1.17 bits per heavy atom. The van der Waals surface area contributed by atoms with Crippen molar-refractivity contribution in [3.8, 4) is 11.5 Å². The Kier molecular flexibility index (Phi) is 4.50. The molecule has 1 saturated carbocycles. The third kappa shape index (κ3) is 3.73. The second-order valence-electron chi connectivity index (χ2n) is 5.66. The molecule has 0 aliphatic heterocycles. The molecule has 0 bridgehead atoms. The van der Waals surface area contributed by atoms with E-state index < -0.39 is 0 Å². The molecule has 1 fully saturated rings. The van der Waals surface area contributed by atoms with Crippen LogP contribution in [0.25, 0.3) is 0 Å². The molecule has 1 aromatic carbocycles. The molecule has 0 unspecified atom stereocenters. The maximum absolute atomic E-state index is 12.2. The Balaban J connectivity index is 1.84. The molecule has 0 spiro atoms. The fourth-order valence-corrected chi connectivity index (χ4v) is 2.25. The summed E-state index contributed by atoms with van der Waals surface area (Å²) in [6.45, 7) is 1.83. The van der Waals surface area contributed by atoms with Crippen molar-refractivity contribution in [1.82, 2.24) is 15.3 Å². The van der Waals surface area contributed by atoms with Crippen molar-refractivity contribution in [2.45, 2.75) is 25.8 Å². The first-order valence-corrected chi connectivity index (χ1v) is 7.74. The fraction of sp³-hybridized carbons (Fsp3) is 0.353. The second-order valence-corrected chi connectivity index (χ2v) is 5.66. The minimum atomic E-state index is -0.173. The topological polar surface area (TPSA) is 85.4 Å². The maximum atomic E-state index is 12.2. The van der Waals surface area contributed by atoms with Crippen LogP contribution >= 0.6 is 0 Å².